The van der Waals surface area contributed by atoms with Gasteiger partial charge in [0.1, 0.15) is 24.7 Å². The Morgan fingerprint density at radius 2 is 1.54 bits per heavy atom. The number of nitrogens with one attached hydrogen (secondary N) is 2. The summed E-state index contributed by atoms with van der Waals surface area (Å²) in [6, 6.07) is 17.1. The summed E-state index contributed by atoms with van der Waals surface area (Å²) in [7, 11) is 1.65. The molecular formula is C20H26N2O4. The van der Waals surface area contributed by atoms with Crippen LogP contribution in [0.4, 0.5) is 5.69 Å². The highest BCUT2D eigenvalue weighted by molar-refractivity contribution is 5.80. The molecule has 6 nitrogen and oxygen atoms in total. The molecule has 0 bridgehead atoms. The molecule has 2 N–H and O–H groups in total. The summed E-state index contributed by atoms with van der Waals surface area (Å²) in [5.41, 5.74) is 0.866. The number of methoxy groups -OCH3 is 1. The molecule has 0 unspecified atom stereocenters. The second-order valence-corrected chi connectivity index (χ2v) is 5.58. The Balaban J connectivity index is 1.60. The van der Waals surface area contributed by atoms with Gasteiger partial charge >= 0.3 is 0 Å². The second-order valence-electron chi connectivity index (χ2n) is 5.58. The maximum atomic E-state index is 11.7. The van der Waals surface area contributed by atoms with Gasteiger partial charge in [0, 0.05) is 25.9 Å². The molecule has 1 amide bonds. The van der Waals surface area contributed by atoms with Gasteiger partial charge in [-0.05, 0) is 42.8 Å². The van der Waals surface area contributed by atoms with E-state index in [1.54, 1.807) is 7.11 Å². The van der Waals surface area contributed by atoms with Crippen molar-refractivity contribution in [1.82, 2.24) is 5.32 Å². The van der Waals surface area contributed by atoms with Crippen molar-refractivity contribution in [3.05, 3.63) is 54.6 Å². The third-order valence-electron chi connectivity index (χ3n) is 3.52. The lowest BCUT2D eigenvalue weighted by Crippen LogP contribution is -2.31. The molecule has 2 aromatic carbocycles. The number of carbonyl (C=O) groups excluding carboxylic acids is 1. The van der Waals surface area contributed by atoms with Crippen LogP contribution in [0.25, 0.3) is 0 Å². The van der Waals surface area contributed by atoms with Crippen LogP contribution in [-0.2, 0) is 9.53 Å². The Kier molecular flexibility index (Phi) is 8.86. The summed E-state index contributed by atoms with van der Waals surface area (Å²) in [5, 5.41) is 5.90. The zero-order valence-electron chi connectivity index (χ0n) is 15.1. The lowest BCUT2D eigenvalue weighted by atomic mass is 10.3. The number of anilines is 1. The fourth-order valence-electron chi connectivity index (χ4n) is 2.19. The fourth-order valence-corrected chi connectivity index (χ4v) is 2.19. The number of rotatable bonds is 12. The van der Waals surface area contributed by atoms with E-state index in [0.717, 1.165) is 23.6 Å². The lowest BCUT2D eigenvalue weighted by Gasteiger charge is -2.10. The van der Waals surface area contributed by atoms with Gasteiger partial charge in [-0.25, -0.2) is 0 Å². The van der Waals surface area contributed by atoms with Crippen molar-refractivity contribution in [3.63, 3.8) is 0 Å². The summed E-state index contributed by atoms with van der Waals surface area (Å²) < 4.78 is 16.1. The smallest absolute Gasteiger partial charge is 0.239 e. The van der Waals surface area contributed by atoms with Gasteiger partial charge in [-0.1, -0.05) is 18.2 Å². The van der Waals surface area contributed by atoms with Crippen molar-refractivity contribution in [2.45, 2.75) is 6.42 Å². The third kappa shape index (κ3) is 7.90. The van der Waals surface area contributed by atoms with Crippen LogP contribution in [0.5, 0.6) is 11.5 Å². The van der Waals surface area contributed by atoms with Crippen molar-refractivity contribution in [2.75, 3.05) is 45.3 Å². The molecule has 26 heavy (non-hydrogen) atoms. The first-order chi connectivity index (χ1) is 12.8. The van der Waals surface area contributed by atoms with E-state index in [9.17, 15) is 4.79 Å². The maximum absolute atomic E-state index is 11.7. The molecule has 0 radical (unpaired) electrons. The van der Waals surface area contributed by atoms with E-state index in [0.29, 0.717) is 26.4 Å². The summed E-state index contributed by atoms with van der Waals surface area (Å²) in [6.07, 6.45) is 0.808. The Labute approximate surface area is 154 Å². The van der Waals surface area contributed by atoms with Crippen molar-refractivity contribution in [1.29, 1.82) is 0 Å². The highest BCUT2D eigenvalue weighted by Gasteiger charge is 2.01. The average Bonchev–Trinajstić information content (AvgIpc) is 2.69. The molecule has 0 aromatic heterocycles. The minimum absolute atomic E-state index is 0.0421. The molecule has 6 heteroatoms. The normalized spacial score (nSPS) is 10.2. The van der Waals surface area contributed by atoms with Crippen molar-refractivity contribution >= 4 is 11.6 Å². The summed E-state index contributed by atoms with van der Waals surface area (Å²) in [5.74, 6) is 1.55. The van der Waals surface area contributed by atoms with Crippen LogP contribution in [0, 0.1) is 0 Å². The summed E-state index contributed by atoms with van der Waals surface area (Å²) in [4.78, 5) is 11.7. The maximum Gasteiger partial charge on any atom is 0.239 e. The second kappa shape index (κ2) is 11.8. The van der Waals surface area contributed by atoms with Crippen LogP contribution >= 0.6 is 0 Å². The number of benzene rings is 2. The molecule has 0 saturated heterocycles. The predicted molar refractivity (Wildman–Crippen MR) is 102 cm³/mol. The van der Waals surface area contributed by atoms with Crippen molar-refractivity contribution in [2.24, 2.45) is 0 Å². The molecule has 0 heterocycles. The summed E-state index contributed by atoms with van der Waals surface area (Å²) >= 11 is 0. The highest BCUT2D eigenvalue weighted by Crippen LogP contribution is 2.15. The zero-order chi connectivity index (χ0) is 18.5. The van der Waals surface area contributed by atoms with E-state index in [1.165, 1.54) is 0 Å². The molecule has 0 aliphatic carbocycles. The van der Waals surface area contributed by atoms with Crippen LogP contribution in [0.2, 0.25) is 0 Å². The van der Waals surface area contributed by atoms with E-state index in [4.69, 9.17) is 14.2 Å². The first-order valence-corrected chi connectivity index (χ1v) is 8.68. The van der Waals surface area contributed by atoms with Gasteiger partial charge in [0.05, 0.1) is 6.54 Å². The van der Waals surface area contributed by atoms with E-state index in [1.807, 2.05) is 54.6 Å². The molecule has 0 atom stereocenters. The molecule has 2 aromatic rings. The number of amides is 1. The van der Waals surface area contributed by atoms with Gasteiger partial charge in [0.2, 0.25) is 5.91 Å². The van der Waals surface area contributed by atoms with Crippen LogP contribution in [0.1, 0.15) is 6.42 Å². The Morgan fingerprint density at radius 3 is 2.19 bits per heavy atom. The first-order valence-electron chi connectivity index (χ1n) is 8.68. The number of ether oxygens (including phenoxy) is 3. The molecular weight excluding hydrogens is 332 g/mol. The van der Waals surface area contributed by atoms with E-state index in [2.05, 4.69) is 10.6 Å². The standard InChI is InChI=1S/C20H26N2O4/c1-24-13-5-12-21-20(23)16-22-17-8-10-19(11-9-17)26-15-14-25-18-6-3-2-4-7-18/h2-4,6-11,22H,5,12-16H2,1H3,(H,21,23). The highest BCUT2D eigenvalue weighted by atomic mass is 16.5. The van der Waals surface area contributed by atoms with Gasteiger partial charge in [-0.15, -0.1) is 0 Å². The number of hydrogen-bond acceptors (Lipinski definition) is 5. The number of carbonyl (C=O) groups is 1. The quantitative estimate of drug-likeness (QED) is 0.571. The van der Waals surface area contributed by atoms with Crippen LogP contribution in [0.15, 0.2) is 54.6 Å². The Hall–Kier alpha value is -2.73. The molecule has 0 aliphatic heterocycles. The van der Waals surface area contributed by atoms with Crippen LogP contribution in [-0.4, -0.2) is 45.9 Å². The van der Waals surface area contributed by atoms with Gasteiger partial charge in [-0.2, -0.15) is 0 Å². The molecule has 0 fully saturated rings. The first kappa shape index (κ1) is 19.6. The zero-order valence-corrected chi connectivity index (χ0v) is 15.1. The molecule has 0 saturated carbocycles. The lowest BCUT2D eigenvalue weighted by molar-refractivity contribution is -0.119. The summed E-state index contributed by atoms with van der Waals surface area (Å²) in [6.45, 7) is 2.44. The van der Waals surface area contributed by atoms with Gasteiger partial charge in [0.25, 0.3) is 0 Å². The minimum atomic E-state index is -0.0421. The number of hydrogen-bond donors (Lipinski definition) is 2. The topological polar surface area (TPSA) is 68.8 Å². The average molecular weight is 358 g/mol. The predicted octanol–water partition coefficient (Wildman–Crippen LogP) is 2.71. The van der Waals surface area contributed by atoms with Gasteiger partial charge in [0.15, 0.2) is 0 Å². The SMILES string of the molecule is COCCCNC(=O)CNc1ccc(OCCOc2ccccc2)cc1. The van der Waals surface area contributed by atoms with Crippen LogP contribution < -0.4 is 20.1 Å². The number of para-hydroxylation sites is 1. The fraction of sp³-hybridized carbons (Fsp3) is 0.350. The monoisotopic (exact) mass is 358 g/mol. The van der Waals surface area contributed by atoms with Crippen molar-refractivity contribution < 1.29 is 19.0 Å². The van der Waals surface area contributed by atoms with Gasteiger partial charge in [-0.3, -0.25) is 4.79 Å². The van der Waals surface area contributed by atoms with E-state index in [-0.39, 0.29) is 12.5 Å². The molecule has 2 rings (SSSR count). The van der Waals surface area contributed by atoms with Crippen LogP contribution in [0.3, 0.4) is 0 Å². The van der Waals surface area contributed by atoms with Gasteiger partial charge < -0.3 is 24.8 Å². The van der Waals surface area contributed by atoms with E-state index < -0.39 is 0 Å². The van der Waals surface area contributed by atoms with E-state index >= 15 is 0 Å². The Morgan fingerprint density at radius 1 is 0.885 bits per heavy atom. The largest absolute Gasteiger partial charge is 0.490 e. The molecule has 140 valence electrons. The molecule has 0 aliphatic rings. The third-order valence-corrected chi connectivity index (χ3v) is 3.52. The molecule has 0 spiro atoms. The Bertz CT molecular complexity index is 632. The minimum Gasteiger partial charge on any atom is -0.490 e. The van der Waals surface area contributed by atoms with Crippen molar-refractivity contribution in [3.8, 4) is 11.5 Å².